The molecule has 0 aliphatic heterocycles. The van der Waals surface area contributed by atoms with E-state index in [4.69, 9.17) is 4.74 Å². The summed E-state index contributed by atoms with van der Waals surface area (Å²) in [5.74, 6) is -0.437. The second kappa shape index (κ2) is 9.13. The highest BCUT2D eigenvalue weighted by molar-refractivity contribution is 6.09. The van der Waals surface area contributed by atoms with Gasteiger partial charge in [-0.05, 0) is 56.9 Å². The molecule has 0 spiro atoms. The molecule has 134 valence electrons. The van der Waals surface area contributed by atoms with Gasteiger partial charge in [-0.3, -0.25) is 14.4 Å². The predicted octanol–water partition coefficient (Wildman–Crippen LogP) is 2.46. The number of hydrogen-bond acceptors (Lipinski definition) is 5. The molecule has 0 unspecified atom stereocenters. The van der Waals surface area contributed by atoms with Crippen LogP contribution in [-0.4, -0.2) is 37.7 Å². The van der Waals surface area contributed by atoms with E-state index < -0.39 is 0 Å². The maximum atomic E-state index is 12.7. The van der Waals surface area contributed by atoms with Crippen molar-refractivity contribution in [2.24, 2.45) is 0 Å². The van der Waals surface area contributed by atoms with Crippen molar-refractivity contribution in [2.45, 2.75) is 32.6 Å². The quantitative estimate of drug-likeness (QED) is 0.708. The van der Waals surface area contributed by atoms with Crippen LogP contribution in [0.25, 0.3) is 0 Å². The second-order valence-corrected chi connectivity index (χ2v) is 6.06. The minimum absolute atomic E-state index is 0.0340. The molecule has 0 fully saturated rings. The van der Waals surface area contributed by atoms with Gasteiger partial charge in [0.05, 0.1) is 0 Å². The van der Waals surface area contributed by atoms with E-state index >= 15 is 0 Å². The Labute approximate surface area is 147 Å². The van der Waals surface area contributed by atoms with Crippen molar-refractivity contribution in [3.63, 3.8) is 0 Å². The lowest BCUT2D eigenvalue weighted by Gasteiger charge is -2.19. The summed E-state index contributed by atoms with van der Waals surface area (Å²) in [5, 5.41) is 5.80. The van der Waals surface area contributed by atoms with Crippen LogP contribution in [-0.2, 0) is 14.3 Å². The summed E-state index contributed by atoms with van der Waals surface area (Å²) in [6.07, 6.45) is 3.83. The Morgan fingerprint density at radius 1 is 1.04 bits per heavy atom. The van der Waals surface area contributed by atoms with Crippen LogP contribution in [0.4, 0.5) is 5.69 Å². The largest absolute Gasteiger partial charge is 0.391 e. The summed E-state index contributed by atoms with van der Waals surface area (Å²) in [7, 11) is 1.85. The monoisotopic (exact) mass is 344 g/mol. The van der Waals surface area contributed by atoms with Gasteiger partial charge in [0.25, 0.3) is 0 Å². The number of Topliss-reactive ketones (excluding diaryl/α,β-unsaturated/α-hetero) is 2. The molecule has 25 heavy (non-hydrogen) atoms. The summed E-state index contributed by atoms with van der Waals surface area (Å²) in [6, 6.07) is 6.81. The first-order valence-corrected chi connectivity index (χ1v) is 8.43. The standard InChI is InChI=1S/C19H24N2O4/c1-13(22)11-25-12-18(23)21-15-9-7-14(8-10-15)19(24)16-5-3-4-6-17(16)20-2/h7-10,20H,3-6,11-12H2,1-2H3,(H,21,23). The van der Waals surface area contributed by atoms with E-state index in [9.17, 15) is 14.4 Å². The van der Waals surface area contributed by atoms with Gasteiger partial charge in [0, 0.05) is 29.6 Å². The molecule has 0 heterocycles. The van der Waals surface area contributed by atoms with Crippen molar-refractivity contribution in [2.75, 3.05) is 25.6 Å². The van der Waals surface area contributed by atoms with Gasteiger partial charge in [0.2, 0.25) is 5.91 Å². The Hall–Kier alpha value is -2.47. The van der Waals surface area contributed by atoms with Gasteiger partial charge < -0.3 is 15.4 Å². The summed E-state index contributed by atoms with van der Waals surface area (Å²) in [6.45, 7) is 1.14. The Morgan fingerprint density at radius 3 is 2.36 bits per heavy atom. The molecule has 1 amide bonds. The average molecular weight is 344 g/mol. The fourth-order valence-corrected chi connectivity index (χ4v) is 2.80. The van der Waals surface area contributed by atoms with Crippen molar-refractivity contribution < 1.29 is 19.1 Å². The molecule has 1 aromatic carbocycles. The molecule has 2 rings (SSSR count). The summed E-state index contributed by atoms with van der Waals surface area (Å²) in [5.41, 5.74) is 3.06. The highest BCUT2D eigenvalue weighted by Crippen LogP contribution is 2.26. The van der Waals surface area contributed by atoms with E-state index in [1.807, 2.05) is 7.05 Å². The molecule has 1 aliphatic rings. The summed E-state index contributed by atoms with van der Waals surface area (Å²) >= 11 is 0. The third kappa shape index (κ3) is 5.53. The number of carbonyl (C=O) groups excluding carboxylic acids is 3. The van der Waals surface area contributed by atoms with Crippen LogP contribution >= 0.6 is 0 Å². The van der Waals surface area contributed by atoms with Gasteiger partial charge in [0.15, 0.2) is 11.6 Å². The van der Waals surface area contributed by atoms with Gasteiger partial charge in [0.1, 0.15) is 13.2 Å². The van der Waals surface area contributed by atoms with E-state index in [2.05, 4.69) is 10.6 Å². The second-order valence-electron chi connectivity index (χ2n) is 6.06. The fourth-order valence-electron chi connectivity index (χ4n) is 2.80. The lowest BCUT2D eigenvalue weighted by atomic mass is 9.90. The van der Waals surface area contributed by atoms with Gasteiger partial charge in [-0.2, -0.15) is 0 Å². The third-order valence-electron chi connectivity index (χ3n) is 4.01. The van der Waals surface area contributed by atoms with E-state index in [0.717, 1.165) is 37.0 Å². The molecule has 1 aromatic rings. The number of ketones is 2. The molecular formula is C19H24N2O4. The Balaban J connectivity index is 1.97. The van der Waals surface area contributed by atoms with Crippen LogP contribution in [0.5, 0.6) is 0 Å². The molecule has 2 N–H and O–H groups in total. The van der Waals surface area contributed by atoms with Gasteiger partial charge in [-0.25, -0.2) is 0 Å². The maximum absolute atomic E-state index is 12.7. The molecule has 1 aliphatic carbocycles. The summed E-state index contributed by atoms with van der Waals surface area (Å²) < 4.78 is 4.97. The van der Waals surface area contributed by atoms with Crippen LogP contribution in [0.2, 0.25) is 0 Å². The number of amides is 1. The molecule has 0 atom stereocenters. The van der Waals surface area contributed by atoms with Gasteiger partial charge in [-0.1, -0.05) is 0 Å². The lowest BCUT2D eigenvalue weighted by Crippen LogP contribution is -2.20. The first-order chi connectivity index (χ1) is 12.0. The summed E-state index contributed by atoms with van der Waals surface area (Å²) in [4.78, 5) is 35.1. The number of hydrogen-bond donors (Lipinski definition) is 2. The molecule has 0 saturated heterocycles. The third-order valence-corrected chi connectivity index (χ3v) is 4.01. The Kier molecular flexibility index (Phi) is 6.89. The van der Waals surface area contributed by atoms with Crippen molar-refractivity contribution in [1.82, 2.24) is 5.32 Å². The SMILES string of the molecule is CNC1=C(C(=O)c2ccc(NC(=O)COCC(C)=O)cc2)CCCC1. The number of benzene rings is 1. The zero-order chi connectivity index (χ0) is 18.2. The molecule has 0 aromatic heterocycles. The molecule has 0 bridgehead atoms. The van der Waals surface area contributed by atoms with Crippen molar-refractivity contribution in [3.8, 4) is 0 Å². The number of carbonyl (C=O) groups is 3. The molecule has 0 radical (unpaired) electrons. The number of ether oxygens (including phenoxy) is 1. The molecule has 0 saturated carbocycles. The Bertz CT molecular complexity index is 677. The minimum Gasteiger partial charge on any atom is -0.391 e. The van der Waals surface area contributed by atoms with Crippen molar-refractivity contribution in [3.05, 3.63) is 41.1 Å². The van der Waals surface area contributed by atoms with Crippen LogP contribution in [0.3, 0.4) is 0 Å². The highest BCUT2D eigenvalue weighted by Gasteiger charge is 2.19. The zero-order valence-electron chi connectivity index (χ0n) is 14.7. The highest BCUT2D eigenvalue weighted by atomic mass is 16.5. The van der Waals surface area contributed by atoms with Crippen molar-refractivity contribution >= 4 is 23.2 Å². The number of allylic oxidation sites excluding steroid dienone is 2. The van der Waals surface area contributed by atoms with Gasteiger partial charge >= 0.3 is 0 Å². The van der Waals surface area contributed by atoms with Crippen molar-refractivity contribution in [1.29, 1.82) is 0 Å². The average Bonchev–Trinajstić information content (AvgIpc) is 2.61. The topological polar surface area (TPSA) is 84.5 Å². The van der Waals surface area contributed by atoms with Crippen LogP contribution in [0.1, 0.15) is 43.0 Å². The van der Waals surface area contributed by atoms with Crippen LogP contribution < -0.4 is 10.6 Å². The normalized spacial score (nSPS) is 14.2. The first-order valence-electron chi connectivity index (χ1n) is 8.43. The number of rotatable bonds is 8. The number of anilines is 1. The molecule has 6 nitrogen and oxygen atoms in total. The van der Waals surface area contributed by atoms with Crippen LogP contribution in [0, 0.1) is 0 Å². The Morgan fingerprint density at radius 2 is 1.72 bits per heavy atom. The smallest absolute Gasteiger partial charge is 0.250 e. The van der Waals surface area contributed by atoms with E-state index in [1.165, 1.54) is 6.92 Å². The molecule has 6 heteroatoms. The molecular weight excluding hydrogens is 320 g/mol. The lowest BCUT2D eigenvalue weighted by molar-refractivity contribution is -0.125. The predicted molar refractivity (Wildman–Crippen MR) is 95.5 cm³/mol. The number of nitrogens with one attached hydrogen (secondary N) is 2. The zero-order valence-corrected chi connectivity index (χ0v) is 14.7. The fraction of sp³-hybridized carbons (Fsp3) is 0.421. The van der Waals surface area contributed by atoms with E-state index in [0.29, 0.717) is 11.3 Å². The van der Waals surface area contributed by atoms with E-state index in [-0.39, 0.29) is 30.7 Å². The van der Waals surface area contributed by atoms with Gasteiger partial charge in [-0.15, -0.1) is 0 Å². The minimum atomic E-state index is -0.340. The van der Waals surface area contributed by atoms with E-state index in [1.54, 1.807) is 24.3 Å². The first kappa shape index (κ1) is 18.9. The maximum Gasteiger partial charge on any atom is 0.250 e. The van der Waals surface area contributed by atoms with Crippen LogP contribution in [0.15, 0.2) is 35.5 Å².